The van der Waals surface area contributed by atoms with Crippen molar-refractivity contribution < 1.29 is 0 Å². The van der Waals surface area contributed by atoms with Gasteiger partial charge < -0.3 is 5.32 Å². The van der Waals surface area contributed by atoms with Gasteiger partial charge in [0.15, 0.2) is 0 Å². The van der Waals surface area contributed by atoms with Gasteiger partial charge in [0.25, 0.3) is 0 Å². The molecule has 0 aliphatic heterocycles. The Hall–Kier alpha value is -2.30. The average molecular weight is 312 g/mol. The highest BCUT2D eigenvalue weighted by Gasteiger charge is 2.01. The van der Waals surface area contributed by atoms with Gasteiger partial charge in [-0.2, -0.15) is 10.5 Å². The number of rotatable bonds is 3. The van der Waals surface area contributed by atoms with Crippen LogP contribution in [0.5, 0.6) is 0 Å². The van der Waals surface area contributed by atoms with Crippen molar-refractivity contribution in [2.24, 2.45) is 0 Å². The van der Waals surface area contributed by atoms with Gasteiger partial charge in [-0.05, 0) is 51.8 Å². The largest absolute Gasteiger partial charge is 0.380 e. The lowest BCUT2D eigenvalue weighted by molar-refractivity contribution is 1.14. The fourth-order valence-corrected chi connectivity index (χ4v) is 2.14. The second-order valence-electron chi connectivity index (χ2n) is 3.97. The number of nitrogens with one attached hydrogen (secondary N) is 1. The van der Waals surface area contributed by atoms with E-state index in [1.165, 1.54) is 0 Å². The molecule has 0 radical (unpaired) electrons. The fraction of sp³-hybridized carbons (Fsp3) is 0.0667. The summed E-state index contributed by atoms with van der Waals surface area (Å²) in [5.41, 5.74) is 3.30. The molecule has 19 heavy (non-hydrogen) atoms. The first-order valence-electron chi connectivity index (χ1n) is 5.65. The lowest BCUT2D eigenvalue weighted by Crippen LogP contribution is -2.00. The summed E-state index contributed by atoms with van der Waals surface area (Å²) in [5, 5.41) is 20.8. The molecule has 2 aromatic carbocycles. The van der Waals surface area contributed by atoms with E-state index >= 15 is 0 Å². The highest BCUT2D eigenvalue weighted by Crippen LogP contribution is 2.24. The number of anilines is 1. The molecule has 4 heteroatoms. The van der Waals surface area contributed by atoms with Gasteiger partial charge in [0, 0.05) is 16.7 Å². The molecule has 1 N–H and O–H groups in total. The van der Waals surface area contributed by atoms with Gasteiger partial charge in [-0.25, -0.2) is 0 Å². The highest BCUT2D eigenvalue weighted by atomic mass is 79.9. The number of nitriles is 2. The van der Waals surface area contributed by atoms with Gasteiger partial charge >= 0.3 is 0 Å². The predicted molar refractivity (Wildman–Crippen MR) is 77.3 cm³/mol. The summed E-state index contributed by atoms with van der Waals surface area (Å²) in [6.07, 6.45) is 0. The van der Waals surface area contributed by atoms with Crippen LogP contribution in [0.4, 0.5) is 5.69 Å². The third-order valence-electron chi connectivity index (χ3n) is 2.66. The molecule has 2 aromatic rings. The lowest BCUT2D eigenvalue weighted by Gasteiger charge is -2.09. The van der Waals surface area contributed by atoms with Gasteiger partial charge in [-0.1, -0.05) is 12.1 Å². The topological polar surface area (TPSA) is 59.6 Å². The standard InChI is InChI=1S/C15H10BrN3/c16-14-7-13(9-18)5-6-15(14)19-10-12-3-1-11(8-17)2-4-12/h1-7,19H,10H2. The molecule has 0 aliphatic carbocycles. The quantitative estimate of drug-likeness (QED) is 0.937. The molecule has 0 aliphatic rings. The number of nitrogens with zero attached hydrogens (tertiary/aromatic N) is 2. The lowest BCUT2D eigenvalue weighted by atomic mass is 10.1. The Balaban J connectivity index is 2.06. The number of halogens is 1. The Morgan fingerprint density at radius 2 is 1.58 bits per heavy atom. The third-order valence-corrected chi connectivity index (χ3v) is 3.32. The Morgan fingerprint density at radius 3 is 2.16 bits per heavy atom. The maximum Gasteiger partial charge on any atom is 0.0992 e. The van der Waals surface area contributed by atoms with Crippen molar-refractivity contribution in [3.05, 3.63) is 63.6 Å². The summed E-state index contributed by atoms with van der Waals surface area (Å²) in [5.74, 6) is 0. The molecule has 92 valence electrons. The van der Waals surface area contributed by atoms with Gasteiger partial charge in [-0.15, -0.1) is 0 Å². The van der Waals surface area contributed by atoms with Crippen LogP contribution in [0.15, 0.2) is 46.9 Å². The minimum Gasteiger partial charge on any atom is -0.380 e. The first-order valence-corrected chi connectivity index (χ1v) is 6.45. The summed E-state index contributed by atoms with van der Waals surface area (Å²) in [7, 11) is 0. The van der Waals surface area contributed by atoms with E-state index in [-0.39, 0.29) is 0 Å². The van der Waals surface area contributed by atoms with Crippen LogP contribution in [-0.2, 0) is 6.54 Å². The second-order valence-corrected chi connectivity index (χ2v) is 4.82. The molecule has 0 amide bonds. The van der Waals surface area contributed by atoms with E-state index in [0.29, 0.717) is 17.7 Å². The Labute approximate surface area is 120 Å². The molecule has 0 saturated heterocycles. The molecule has 0 spiro atoms. The molecule has 3 nitrogen and oxygen atoms in total. The van der Waals surface area contributed by atoms with Crippen LogP contribution >= 0.6 is 15.9 Å². The zero-order valence-corrected chi connectivity index (χ0v) is 11.6. The number of hydrogen-bond donors (Lipinski definition) is 1. The van der Waals surface area contributed by atoms with E-state index in [4.69, 9.17) is 10.5 Å². The van der Waals surface area contributed by atoms with E-state index in [1.807, 2.05) is 18.2 Å². The second kappa shape index (κ2) is 6.04. The zero-order chi connectivity index (χ0) is 13.7. The van der Waals surface area contributed by atoms with Crippen molar-refractivity contribution in [2.75, 3.05) is 5.32 Å². The maximum absolute atomic E-state index is 8.79. The van der Waals surface area contributed by atoms with Crippen molar-refractivity contribution in [1.29, 1.82) is 10.5 Å². The predicted octanol–water partition coefficient (Wildman–Crippen LogP) is 3.80. The van der Waals surface area contributed by atoms with Crippen molar-refractivity contribution in [1.82, 2.24) is 0 Å². The monoisotopic (exact) mass is 311 g/mol. The summed E-state index contributed by atoms with van der Waals surface area (Å²) < 4.78 is 0.861. The van der Waals surface area contributed by atoms with E-state index in [0.717, 1.165) is 15.7 Å². The van der Waals surface area contributed by atoms with Crippen LogP contribution in [-0.4, -0.2) is 0 Å². The normalized spacial score (nSPS) is 9.42. The van der Waals surface area contributed by atoms with Gasteiger partial charge in [0.1, 0.15) is 0 Å². The maximum atomic E-state index is 8.79. The van der Waals surface area contributed by atoms with Crippen molar-refractivity contribution in [3.63, 3.8) is 0 Å². The van der Waals surface area contributed by atoms with Gasteiger partial charge in [0.05, 0.1) is 23.3 Å². The Morgan fingerprint density at radius 1 is 0.947 bits per heavy atom. The molecular formula is C15H10BrN3. The molecule has 2 rings (SSSR count). The Kier molecular flexibility index (Phi) is 4.18. The molecular weight excluding hydrogens is 302 g/mol. The van der Waals surface area contributed by atoms with Crippen molar-refractivity contribution in [2.45, 2.75) is 6.54 Å². The average Bonchev–Trinajstić information content (AvgIpc) is 2.46. The molecule has 0 unspecified atom stereocenters. The van der Waals surface area contributed by atoms with Crippen LogP contribution in [0.2, 0.25) is 0 Å². The summed E-state index contributed by atoms with van der Waals surface area (Å²) in [4.78, 5) is 0. The van der Waals surface area contributed by atoms with Crippen molar-refractivity contribution >= 4 is 21.6 Å². The molecule has 0 aromatic heterocycles. The van der Waals surface area contributed by atoms with E-state index < -0.39 is 0 Å². The molecule has 0 bridgehead atoms. The van der Waals surface area contributed by atoms with Crippen molar-refractivity contribution in [3.8, 4) is 12.1 Å². The van der Waals surface area contributed by atoms with Crippen LogP contribution in [0.1, 0.15) is 16.7 Å². The zero-order valence-electron chi connectivity index (χ0n) is 10.0. The summed E-state index contributed by atoms with van der Waals surface area (Å²) in [6.45, 7) is 0.663. The minimum atomic E-state index is 0.621. The fourth-order valence-electron chi connectivity index (χ4n) is 1.62. The summed E-state index contributed by atoms with van der Waals surface area (Å²) in [6, 6.07) is 17.0. The van der Waals surface area contributed by atoms with Crippen LogP contribution < -0.4 is 5.32 Å². The van der Waals surface area contributed by atoms with E-state index in [1.54, 1.807) is 24.3 Å². The van der Waals surface area contributed by atoms with E-state index in [9.17, 15) is 0 Å². The molecule has 0 atom stereocenters. The van der Waals surface area contributed by atoms with Gasteiger partial charge in [0.2, 0.25) is 0 Å². The number of benzene rings is 2. The smallest absolute Gasteiger partial charge is 0.0992 e. The van der Waals surface area contributed by atoms with Crippen LogP contribution in [0.25, 0.3) is 0 Å². The van der Waals surface area contributed by atoms with Crippen LogP contribution in [0.3, 0.4) is 0 Å². The molecule has 0 fully saturated rings. The minimum absolute atomic E-state index is 0.621. The molecule has 0 saturated carbocycles. The van der Waals surface area contributed by atoms with Crippen LogP contribution in [0, 0.1) is 22.7 Å². The number of hydrogen-bond acceptors (Lipinski definition) is 3. The summed E-state index contributed by atoms with van der Waals surface area (Å²) >= 11 is 3.43. The molecule has 0 heterocycles. The third kappa shape index (κ3) is 3.34. The highest BCUT2D eigenvalue weighted by molar-refractivity contribution is 9.10. The van der Waals surface area contributed by atoms with Gasteiger partial charge in [-0.3, -0.25) is 0 Å². The SMILES string of the molecule is N#Cc1ccc(CNc2ccc(C#N)cc2Br)cc1. The first kappa shape index (κ1) is 13.1. The Bertz CT molecular complexity index is 663. The van der Waals surface area contributed by atoms with E-state index in [2.05, 4.69) is 33.4 Å². The first-order chi connectivity index (χ1) is 9.22.